The molecule has 1 atom stereocenters. The second-order valence-electron chi connectivity index (χ2n) is 4.23. The van der Waals surface area contributed by atoms with Crippen LogP contribution >= 0.6 is 22.9 Å². The van der Waals surface area contributed by atoms with E-state index in [9.17, 15) is 0 Å². The zero-order valence-electron chi connectivity index (χ0n) is 10.7. The molecule has 1 aromatic heterocycles. The zero-order valence-corrected chi connectivity index (χ0v) is 12.3. The molecule has 0 fully saturated rings. The molecule has 2 aromatic rings. The minimum absolute atomic E-state index is 0.239. The topological polar surface area (TPSA) is 21.3 Å². The van der Waals surface area contributed by atoms with Crippen LogP contribution in [-0.2, 0) is 11.3 Å². The predicted molar refractivity (Wildman–Crippen MR) is 79.6 cm³/mol. The van der Waals surface area contributed by atoms with Crippen LogP contribution in [0.2, 0.25) is 5.02 Å². The molecule has 1 N–H and O–H groups in total. The van der Waals surface area contributed by atoms with Gasteiger partial charge in [0, 0.05) is 34.7 Å². The van der Waals surface area contributed by atoms with Crippen molar-refractivity contribution in [1.29, 1.82) is 0 Å². The normalized spacial score (nSPS) is 13.1. The van der Waals surface area contributed by atoms with E-state index >= 15 is 0 Å². The Bertz CT molecular complexity index is 511. The summed E-state index contributed by atoms with van der Waals surface area (Å²) in [5, 5.41) is 5.42. The smallest absolute Gasteiger partial charge is 0.0671 e. The summed E-state index contributed by atoms with van der Waals surface area (Å²) in [5.41, 5.74) is 0. The highest BCUT2D eigenvalue weighted by Gasteiger charge is 2.09. The Morgan fingerprint density at radius 3 is 2.89 bits per heavy atom. The molecule has 0 aliphatic heterocycles. The van der Waals surface area contributed by atoms with Crippen LogP contribution in [0.1, 0.15) is 18.7 Å². The monoisotopic (exact) mass is 283 g/mol. The third-order valence-corrected chi connectivity index (χ3v) is 4.48. The maximum atomic E-state index is 6.37. The van der Waals surface area contributed by atoms with Crippen LogP contribution in [-0.4, -0.2) is 19.3 Å². The Balaban J connectivity index is 1.97. The second-order valence-corrected chi connectivity index (χ2v) is 5.75. The van der Waals surface area contributed by atoms with Crippen molar-refractivity contribution in [3.8, 4) is 0 Å². The Kier molecular flexibility index (Phi) is 5.01. The molecule has 0 aliphatic carbocycles. The van der Waals surface area contributed by atoms with Crippen molar-refractivity contribution in [2.45, 2.75) is 26.5 Å². The van der Waals surface area contributed by atoms with Gasteiger partial charge in [0.2, 0.25) is 0 Å². The van der Waals surface area contributed by atoms with Crippen molar-refractivity contribution in [2.75, 3.05) is 13.2 Å². The number of thiophene rings is 1. The van der Waals surface area contributed by atoms with E-state index in [1.54, 1.807) is 11.3 Å². The lowest BCUT2D eigenvalue weighted by molar-refractivity contribution is 0.0760. The lowest BCUT2D eigenvalue weighted by atomic mass is 10.2. The molecule has 1 unspecified atom stereocenters. The predicted octanol–water partition coefficient (Wildman–Crippen LogP) is 4.07. The van der Waals surface area contributed by atoms with Crippen molar-refractivity contribution in [1.82, 2.24) is 5.32 Å². The van der Waals surface area contributed by atoms with E-state index in [0.717, 1.165) is 30.1 Å². The number of nitrogens with one attached hydrogen (secondary N) is 1. The highest BCUT2D eigenvalue weighted by molar-refractivity contribution is 7.19. The van der Waals surface area contributed by atoms with E-state index in [1.807, 2.05) is 19.1 Å². The molecule has 0 bridgehead atoms. The van der Waals surface area contributed by atoms with Crippen LogP contribution in [0.3, 0.4) is 0 Å². The fourth-order valence-corrected chi connectivity index (χ4v) is 3.38. The van der Waals surface area contributed by atoms with Gasteiger partial charge in [0.1, 0.15) is 0 Å². The van der Waals surface area contributed by atoms with Crippen molar-refractivity contribution < 1.29 is 4.74 Å². The molecular weight excluding hydrogens is 266 g/mol. The Hall–Kier alpha value is -0.610. The molecule has 98 valence electrons. The van der Waals surface area contributed by atoms with Gasteiger partial charge >= 0.3 is 0 Å². The first-order valence-corrected chi connectivity index (χ1v) is 7.40. The zero-order chi connectivity index (χ0) is 13.0. The van der Waals surface area contributed by atoms with Crippen LogP contribution in [0, 0.1) is 0 Å². The summed E-state index contributed by atoms with van der Waals surface area (Å²) < 4.78 is 6.72. The first kappa shape index (κ1) is 13.8. The molecular formula is C14H18ClNOS. The molecule has 18 heavy (non-hydrogen) atoms. The molecule has 2 rings (SSSR count). The summed E-state index contributed by atoms with van der Waals surface area (Å²) in [7, 11) is 0. The molecule has 1 aromatic carbocycles. The number of hydrogen-bond donors (Lipinski definition) is 1. The fraction of sp³-hybridized carbons (Fsp3) is 0.429. The number of halogens is 1. The molecule has 0 saturated heterocycles. The first-order chi connectivity index (χ1) is 8.72. The van der Waals surface area contributed by atoms with Crippen LogP contribution < -0.4 is 5.32 Å². The molecule has 0 spiro atoms. The van der Waals surface area contributed by atoms with Crippen LogP contribution in [0.25, 0.3) is 10.1 Å². The number of ether oxygens (including phenoxy) is 1. The van der Waals surface area contributed by atoms with Crippen molar-refractivity contribution >= 4 is 33.0 Å². The summed E-state index contributed by atoms with van der Waals surface area (Å²) in [4.78, 5) is 1.20. The SMILES string of the molecule is CCOC(C)CNCc1sc2ccccc2c1Cl. The Morgan fingerprint density at radius 2 is 2.17 bits per heavy atom. The van der Waals surface area contributed by atoms with Crippen LogP contribution in [0.4, 0.5) is 0 Å². The summed E-state index contributed by atoms with van der Waals surface area (Å²) in [6, 6.07) is 8.25. The van der Waals surface area contributed by atoms with E-state index < -0.39 is 0 Å². The average Bonchev–Trinajstić information content (AvgIpc) is 2.68. The van der Waals surface area contributed by atoms with Crippen molar-refractivity contribution in [2.24, 2.45) is 0 Å². The number of benzene rings is 1. The van der Waals surface area contributed by atoms with Gasteiger partial charge in [-0.05, 0) is 19.9 Å². The van der Waals surface area contributed by atoms with Gasteiger partial charge in [-0.1, -0.05) is 29.8 Å². The third-order valence-electron chi connectivity index (χ3n) is 2.77. The highest BCUT2D eigenvalue weighted by atomic mass is 35.5. The van der Waals surface area contributed by atoms with E-state index in [2.05, 4.69) is 24.4 Å². The molecule has 0 radical (unpaired) electrons. The van der Waals surface area contributed by atoms with Crippen LogP contribution in [0.15, 0.2) is 24.3 Å². The lowest BCUT2D eigenvalue weighted by Gasteiger charge is -2.11. The summed E-state index contributed by atoms with van der Waals surface area (Å²) in [6.45, 7) is 6.49. The molecule has 0 aliphatic rings. The average molecular weight is 284 g/mol. The van der Waals surface area contributed by atoms with Gasteiger partial charge in [0.15, 0.2) is 0 Å². The van der Waals surface area contributed by atoms with Crippen molar-refractivity contribution in [3.63, 3.8) is 0 Å². The van der Waals surface area contributed by atoms with Gasteiger partial charge in [0.05, 0.1) is 11.1 Å². The first-order valence-electron chi connectivity index (χ1n) is 6.20. The van der Waals surface area contributed by atoms with Crippen molar-refractivity contribution in [3.05, 3.63) is 34.2 Å². The largest absolute Gasteiger partial charge is 0.377 e. The maximum Gasteiger partial charge on any atom is 0.0671 e. The third kappa shape index (κ3) is 3.23. The van der Waals surface area contributed by atoms with Gasteiger partial charge in [-0.25, -0.2) is 0 Å². The van der Waals surface area contributed by atoms with Gasteiger partial charge in [-0.2, -0.15) is 0 Å². The minimum atomic E-state index is 0.239. The maximum absolute atomic E-state index is 6.37. The van der Waals surface area contributed by atoms with Gasteiger partial charge in [0.25, 0.3) is 0 Å². The van der Waals surface area contributed by atoms with E-state index in [4.69, 9.17) is 16.3 Å². The molecule has 0 saturated carbocycles. The number of hydrogen-bond acceptors (Lipinski definition) is 3. The van der Waals surface area contributed by atoms with Gasteiger partial charge in [-0.15, -0.1) is 11.3 Å². The lowest BCUT2D eigenvalue weighted by Crippen LogP contribution is -2.26. The van der Waals surface area contributed by atoms with E-state index in [1.165, 1.54) is 9.58 Å². The summed E-state index contributed by atoms with van der Waals surface area (Å²) in [5.74, 6) is 0. The second kappa shape index (κ2) is 6.53. The quantitative estimate of drug-likeness (QED) is 0.863. The van der Waals surface area contributed by atoms with E-state index in [0.29, 0.717) is 0 Å². The van der Waals surface area contributed by atoms with Gasteiger partial charge < -0.3 is 10.1 Å². The summed E-state index contributed by atoms with van der Waals surface area (Å²) >= 11 is 8.13. The molecule has 1 heterocycles. The summed E-state index contributed by atoms with van der Waals surface area (Å²) in [6.07, 6.45) is 0.239. The number of rotatable bonds is 6. The standard InChI is InChI=1S/C14H18ClNOS/c1-3-17-10(2)8-16-9-13-14(15)11-6-4-5-7-12(11)18-13/h4-7,10,16H,3,8-9H2,1-2H3. The Labute approximate surface area is 117 Å². The van der Waals surface area contributed by atoms with E-state index in [-0.39, 0.29) is 6.10 Å². The van der Waals surface area contributed by atoms with Gasteiger partial charge in [-0.3, -0.25) is 0 Å². The number of fused-ring (bicyclic) bond motifs is 1. The minimum Gasteiger partial charge on any atom is -0.377 e. The molecule has 0 amide bonds. The Morgan fingerprint density at radius 1 is 1.39 bits per heavy atom. The molecule has 4 heteroatoms. The van der Waals surface area contributed by atoms with Crippen LogP contribution in [0.5, 0.6) is 0 Å². The highest BCUT2D eigenvalue weighted by Crippen LogP contribution is 2.34. The fourth-order valence-electron chi connectivity index (χ4n) is 1.91. The molecule has 2 nitrogen and oxygen atoms in total.